The van der Waals surface area contributed by atoms with Crippen molar-refractivity contribution in [3.63, 3.8) is 0 Å². The van der Waals surface area contributed by atoms with E-state index in [1.165, 1.54) is 0 Å². The molecule has 0 saturated carbocycles. The van der Waals surface area contributed by atoms with Crippen molar-refractivity contribution in [2.75, 3.05) is 0 Å². The molecule has 5 rings (SSSR count). The Kier molecular flexibility index (Phi) is 4.76. The third-order valence-corrected chi connectivity index (χ3v) is 6.02. The Bertz CT molecular complexity index is 1490. The number of halogens is 1. The van der Waals surface area contributed by atoms with E-state index in [2.05, 4.69) is 57.9 Å². The Balaban J connectivity index is 1.78. The smallest absolute Gasteiger partial charge is 0.163 e. The highest BCUT2D eigenvalue weighted by Crippen LogP contribution is 2.35. The van der Waals surface area contributed by atoms with Gasteiger partial charge in [-0.25, -0.2) is 9.67 Å². The summed E-state index contributed by atoms with van der Waals surface area (Å²) in [5.74, 6) is 0.210. The van der Waals surface area contributed by atoms with Crippen LogP contribution < -0.4 is 0 Å². The van der Waals surface area contributed by atoms with Crippen LogP contribution in [0.4, 0.5) is 0 Å². The number of benzene rings is 2. The SMILES string of the molecule is CC(C)c1nn(-c2ccc(C#N)c(Br)c2)c2nccc(-c3cnc4ccccc4c3)c12. The van der Waals surface area contributed by atoms with Crippen molar-refractivity contribution in [2.24, 2.45) is 0 Å². The molecule has 0 aliphatic heterocycles. The van der Waals surface area contributed by atoms with E-state index in [-0.39, 0.29) is 5.92 Å². The van der Waals surface area contributed by atoms with E-state index in [0.29, 0.717) is 5.56 Å². The van der Waals surface area contributed by atoms with Gasteiger partial charge in [-0.1, -0.05) is 32.0 Å². The quantitative estimate of drug-likeness (QED) is 0.308. The first-order chi connectivity index (χ1) is 15.1. The molecule has 0 saturated heterocycles. The van der Waals surface area contributed by atoms with Gasteiger partial charge in [-0.2, -0.15) is 10.4 Å². The van der Waals surface area contributed by atoms with Gasteiger partial charge < -0.3 is 0 Å². The molecular formula is C25H18BrN5. The minimum Gasteiger partial charge on any atom is -0.256 e. The Labute approximate surface area is 188 Å². The second kappa shape index (κ2) is 7.60. The molecule has 0 aliphatic carbocycles. The normalized spacial score (nSPS) is 11.3. The number of rotatable bonds is 3. The highest BCUT2D eigenvalue weighted by atomic mass is 79.9. The first-order valence-electron chi connectivity index (χ1n) is 9.99. The van der Waals surface area contributed by atoms with Crippen LogP contribution in [0, 0.1) is 11.3 Å². The average molecular weight is 468 g/mol. The Morgan fingerprint density at radius 2 is 1.87 bits per heavy atom. The van der Waals surface area contributed by atoms with Gasteiger partial charge in [0.25, 0.3) is 0 Å². The second-order valence-corrected chi connectivity index (χ2v) is 8.56. The fraction of sp³-hybridized carbons (Fsp3) is 0.120. The number of para-hydroxylation sites is 1. The van der Waals surface area contributed by atoms with E-state index >= 15 is 0 Å². The largest absolute Gasteiger partial charge is 0.256 e. The van der Waals surface area contributed by atoms with Crippen molar-refractivity contribution in [1.82, 2.24) is 19.7 Å². The lowest BCUT2D eigenvalue weighted by atomic mass is 9.98. The van der Waals surface area contributed by atoms with Crippen LogP contribution in [0.1, 0.15) is 31.0 Å². The molecule has 5 aromatic rings. The third kappa shape index (κ3) is 3.28. The number of nitriles is 1. The Morgan fingerprint density at radius 1 is 1.03 bits per heavy atom. The summed E-state index contributed by atoms with van der Waals surface area (Å²) in [6.07, 6.45) is 3.73. The number of aromatic nitrogens is 4. The predicted molar refractivity (Wildman–Crippen MR) is 126 cm³/mol. The zero-order valence-corrected chi connectivity index (χ0v) is 18.6. The summed E-state index contributed by atoms with van der Waals surface area (Å²) in [4.78, 5) is 9.33. The molecule has 0 bridgehead atoms. The van der Waals surface area contributed by atoms with E-state index in [1.54, 1.807) is 6.07 Å². The summed E-state index contributed by atoms with van der Waals surface area (Å²) in [5.41, 5.74) is 6.26. The first-order valence-corrected chi connectivity index (χ1v) is 10.8. The topological polar surface area (TPSA) is 67.4 Å². The molecule has 31 heavy (non-hydrogen) atoms. The molecule has 0 spiro atoms. The van der Waals surface area contributed by atoms with Gasteiger partial charge in [0.2, 0.25) is 0 Å². The molecule has 3 heterocycles. The van der Waals surface area contributed by atoms with Crippen LogP contribution >= 0.6 is 15.9 Å². The number of pyridine rings is 2. The van der Waals surface area contributed by atoms with E-state index in [0.717, 1.165) is 48.9 Å². The van der Waals surface area contributed by atoms with Crippen LogP contribution in [-0.4, -0.2) is 19.7 Å². The van der Waals surface area contributed by atoms with Crippen LogP contribution in [0.2, 0.25) is 0 Å². The van der Waals surface area contributed by atoms with Crippen molar-refractivity contribution in [2.45, 2.75) is 19.8 Å². The van der Waals surface area contributed by atoms with Crippen LogP contribution in [0.25, 0.3) is 38.8 Å². The molecular weight excluding hydrogens is 450 g/mol. The summed E-state index contributed by atoms with van der Waals surface area (Å²) in [6.45, 7) is 4.27. The van der Waals surface area contributed by atoms with Gasteiger partial charge in [-0.3, -0.25) is 4.98 Å². The van der Waals surface area contributed by atoms with Crippen LogP contribution in [0.15, 0.2) is 71.5 Å². The van der Waals surface area contributed by atoms with E-state index in [1.807, 2.05) is 53.5 Å². The van der Waals surface area contributed by atoms with Gasteiger partial charge in [0.1, 0.15) is 6.07 Å². The maximum Gasteiger partial charge on any atom is 0.163 e. The molecule has 0 aliphatic rings. The van der Waals surface area contributed by atoms with Gasteiger partial charge in [0.05, 0.1) is 27.8 Å². The monoisotopic (exact) mass is 467 g/mol. The second-order valence-electron chi connectivity index (χ2n) is 7.70. The van der Waals surface area contributed by atoms with Gasteiger partial charge in [-0.15, -0.1) is 0 Å². The highest BCUT2D eigenvalue weighted by Gasteiger charge is 2.20. The Hall–Kier alpha value is -3.56. The van der Waals surface area contributed by atoms with Gasteiger partial charge in [-0.05, 0) is 63.8 Å². The fourth-order valence-corrected chi connectivity index (χ4v) is 4.29. The zero-order valence-electron chi connectivity index (χ0n) is 17.0. The standard InChI is InChI=1S/C25H18BrN5/c1-15(2)24-23-20(18-11-16-5-3-4-6-22(16)29-14-18)9-10-28-25(23)31(30-24)19-8-7-17(13-27)21(26)12-19/h3-12,14-15H,1-2H3. The average Bonchev–Trinajstić information content (AvgIpc) is 3.19. The van der Waals surface area contributed by atoms with E-state index < -0.39 is 0 Å². The molecule has 0 unspecified atom stereocenters. The summed E-state index contributed by atoms with van der Waals surface area (Å²) < 4.78 is 2.59. The summed E-state index contributed by atoms with van der Waals surface area (Å²) in [7, 11) is 0. The summed E-state index contributed by atoms with van der Waals surface area (Å²) in [6, 6.07) is 20.1. The van der Waals surface area contributed by atoms with Crippen LogP contribution in [-0.2, 0) is 0 Å². The lowest BCUT2D eigenvalue weighted by Crippen LogP contribution is -1.99. The third-order valence-electron chi connectivity index (χ3n) is 5.36. The predicted octanol–water partition coefficient (Wildman–Crippen LogP) is 6.39. The van der Waals surface area contributed by atoms with E-state index in [9.17, 15) is 5.26 Å². The molecule has 0 N–H and O–H groups in total. The summed E-state index contributed by atoms with van der Waals surface area (Å²) in [5, 5.41) is 16.3. The lowest BCUT2D eigenvalue weighted by molar-refractivity contribution is 0.776. The zero-order chi connectivity index (χ0) is 21.5. The molecule has 150 valence electrons. The molecule has 0 atom stereocenters. The van der Waals surface area contributed by atoms with Crippen LogP contribution in [0.5, 0.6) is 0 Å². The number of hydrogen-bond donors (Lipinski definition) is 0. The van der Waals surface area contributed by atoms with Crippen molar-refractivity contribution < 1.29 is 0 Å². The molecule has 6 heteroatoms. The van der Waals surface area contributed by atoms with Gasteiger partial charge >= 0.3 is 0 Å². The lowest BCUT2D eigenvalue weighted by Gasteiger charge is -2.08. The molecule has 3 aromatic heterocycles. The van der Waals surface area contributed by atoms with Crippen molar-refractivity contribution in [3.05, 3.63) is 82.7 Å². The van der Waals surface area contributed by atoms with Gasteiger partial charge in [0.15, 0.2) is 5.65 Å². The van der Waals surface area contributed by atoms with Crippen molar-refractivity contribution in [3.8, 4) is 22.9 Å². The molecule has 0 radical (unpaired) electrons. The molecule has 0 fully saturated rings. The summed E-state index contributed by atoms with van der Waals surface area (Å²) >= 11 is 3.49. The van der Waals surface area contributed by atoms with Crippen molar-refractivity contribution in [1.29, 1.82) is 5.26 Å². The minimum atomic E-state index is 0.210. The van der Waals surface area contributed by atoms with Gasteiger partial charge in [0, 0.05) is 27.8 Å². The van der Waals surface area contributed by atoms with Crippen molar-refractivity contribution >= 4 is 37.9 Å². The molecule has 5 nitrogen and oxygen atoms in total. The van der Waals surface area contributed by atoms with Crippen LogP contribution in [0.3, 0.4) is 0 Å². The molecule has 0 amide bonds. The number of fused-ring (bicyclic) bond motifs is 2. The number of nitrogens with zero attached hydrogens (tertiary/aromatic N) is 5. The highest BCUT2D eigenvalue weighted by molar-refractivity contribution is 9.10. The minimum absolute atomic E-state index is 0.210. The fourth-order valence-electron chi connectivity index (χ4n) is 3.84. The number of hydrogen-bond acceptors (Lipinski definition) is 4. The first kappa shape index (κ1) is 19.4. The molecule has 2 aromatic carbocycles. The van der Waals surface area contributed by atoms with E-state index in [4.69, 9.17) is 5.10 Å². The maximum absolute atomic E-state index is 9.25. The maximum atomic E-state index is 9.25. The Morgan fingerprint density at radius 3 is 2.65 bits per heavy atom.